The largest absolute Gasteiger partial charge is 0.478 e. The van der Waals surface area contributed by atoms with Crippen LogP contribution in [0.25, 0.3) is 10.8 Å². The van der Waals surface area contributed by atoms with Gasteiger partial charge in [-0.1, -0.05) is 27.9 Å². The number of ether oxygens (including phenoxy) is 1. The Labute approximate surface area is 149 Å². The van der Waals surface area contributed by atoms with Crippen LogP contribution in [0.1, 0.15) is 12.0 Å². The molecule has 6 nitrogen and oxygen atoms in total. The minimum Gasteiger partial charge on any atom is -0.478 e. The second-order valence-electron chi connectivity index (χ2n) is 4.86. The van der Waals surface area contributed by atoms with Gasteiger partial charge >= 0.3 is 13.3 Å². The van der Waals surface area contributed by atoms with Crippen molar-refractivity contribution in [3.63, 3.8) is 0 Å². The smallest absolute Gasteiger partial charge is 0.399 e. The quantitative estimate of drug-likeness (QED) is 0.341. The number of fused-ring (bicyclic) bond motifs is 1. The number of rotatable bonds is 7. The molecule has 0 unspecified atom stereocenters. The minimum absolute atomic E-state index is 0.112. The summed E-state index contributed by atoms with van der Waals surface area (Å²) in [6, 6.07) is 3.79. The van der Waals surface area contributed by atoms with Gasteiger partial charge in [0.15, 0.2) is 0 Å². The highest BCUT2D eigenvalue weighted by atomic mass is 79.9. The Hall–Kier alpha value is -0.770. The highest BCUT2D eigenvalue weighted by Gasteiger charge is 2.51. The van der Waals surface area contributed by atoms with Crippen molar-refractivity contribution in [2.24, 2.45) is 5.14 Å². The summed E-state index contributed by atoms with van der Waals surface area (Å²) in [5, 5.41) is 6.15. The van der Waals surface area contributed by atoms with Crippen LogP contribution in [0.2, 0.25) is 0 Å². The molecule has 24 heavy (non-hydrogen) atoms. The second kappa shape index (κ2) is 7.63. The zero-order valence-corrected chi connectivity index (χ0v) is 15.5. The van der Waals surface area contributed by atoms with Gasteiger partial charge in [-0.05, 0) is 23.9 Å². The van der Waals surface area contributed by atoms with Crippen molar-refractivity contribution in [2.45, 2.75) is 12.1 Å². The van der Waals surface area contributed by atoms with Gasteiger partial charge in [-0.3, -0.25) is 9.70 Å². The minimum atomic E-state index is -5.66. The van der Waals surface area contributed by atoms with Crippen LogP contribution < -0.4 is 9.88 Å². The van der Waals surface area contributed by atoms with Crippen molar-refractivity contribution in [3.05, 3.63) is 34.4 Å². The Morgan fingerprint density at radius 3 is 2.67 bits per heavy atom. The van der Waals surface area contributed by atoms with Gasteiger partial charge in [0, 0.05) is 33.4 Å². The van der Waals surface area contributed by atoms with Crippen LogP contribution in [0.5, 0.6) is 5.88 Å². The third kappa shape index (κ3) is 4.25. The second-order valence-corrected chi connectivity index (χ2v) is 8.11. The number of nitrogens with two attached hydrogens (primary N) is 1. The van der Waals surface area contributed by atoms with Crippen LogP contribution in [-0.2, 0) is 10.2 Å². The third-order valence-electron chi connectivity index (χ3n) is 3.13. The molecule has 0 aliphatic carbocycles. The molecule has 11 heteroatoms. The van der Waals surface area contributed by atoms with E-state index in [-0.39, 0.29) is 10.4 Å². The maximum Gasteiger partial charge on any atom is 0.399 e. The van der Waals surface area contributed by atoms with Gasteiger partial charge in [0.05, 0.1) is 6.61 Å². The number of aromatic nitrogens is 1. The fourth-order valence-electron chi connectivity index (χ4n) is 1.93. The molecule has 2 aromatic rings. The van der Waals surface area contributed by atoms with Crippen molar-refractivity contribution in [1.29, 1.82) is 0 Å². The molecule has 4 N–H and O–H groups in total. The first-order valence-electron chi connectivity index (χ1n) is 6.64. The van der Waals surface area contributed by atoms with Gasteiger partial charge in [-0.2, -0.15) is 8.78 Å². The zero-order chi connectivity index (χ0) is 18.0. The Kier molecular flexibility index (Phi) is 6.22. The number of hydrogen-bond donors (Lipinski definition) is 3. The topological polar surface area (TPSA) is 106 Å². The molecule has 1 aromatic heterocycles. The molecule has 0 fully saturated rings. The maximum absolute atomic E-state index is 14.0. The summed E-state index contributed by atoms with van der Waals surface area (Å²) >= 11 is 4.11. The summed E-state index contributed by atoms with van der Waals surface area (Å²) in [5.74, 6) is 0.941. The summed E-state index contributed by atoms with van der Waals surface area (Å²) < 4.78 is 44.4. The molecule has 0 amide bonds. The van der Waals surface area contributed by atoms with E-state index in [1.807, 2.05) is 0 Å². The van der Waals surface area contributed by atoms with Crippen LogP contribution in [0.4, 0.5) is 8.78 Å². The van der Waals surface area contributed by atoms with Crippen LogP contribution in [-0.4, -0.2) is 27.1 Å². The van der Waals surface area contributed by atoms with Gasteiger partial charge in [0.25, 0.3) is 0 Å². The van der Waals surface area contributed by atoms with Crippen molar-refractivity contribution in [3.8, 4) is 5.88 Å². The van der Waals surface area contributed by atoms with Crippen LogP contribution in [0.3, 0.4) is 0 Å². The molecule has 0 spiro atoms. The molecule has 0 aliphatic heterocycles. The molecule has 0 radical (unpaired) electrons. The number of halogens is 3. The van der Waals surface area contributed by atoms with E-state index in [0.717, 1.165) is 6.07 Å². The summed E-state index contributed by atoms with van der Waals surface area (Å²) in [6.07, 6.45) is 2.13. The number of alkyl halides is 2. The van der Waals surface area contributed by atoms with E-state index < -0.39 is 18.8 Å². The lowest BCUT2D eigenvalue weighted by molar-refractivity contribution is 0.0558. The van der Waals surface area contributed by atoms with Crippen molar-refractivity contribution in [1.82, 2.24) is 4.98 Å². The lowest BCUT2D eigenvalue weighted by Gasteiger charge is -2.20. The van der Waals surface area contributed by atoms with Gasteiger partial charge in [0.2, 0.25) is 5.88 Å². The van der Waals surface area contributed by atoms with E-state index in [2.05, 4.69) is 20.9 Å². The van der Waals surface area contributed by atoms with Crippen molar-refractivity contribution in [2.75, 3.05) is 12.4 Å². The average Bonchev–Trinajstić information content (AvgIpc) is 2.50. The van der Waals surface area contributed by atoms with Gasteiger partial charge in [0.1, 0.15) is 0 Å². The van der Waals surface area contributed by atoms with E-state index in [1.54, 1.807) is 0 Å². The van der Waals surface area contributed by atoms with Crippen LogP contribution >= 0.6 is 35.5 Å². The first-order chi connectivity index (χ1) is 11.2. The van der Waals surface area contributed by atoms with E-state index in [9.17, 15) is 13.3 Å². The number of pyridine rings is 1. The number of nitrogens with zero attached hydrogens (tertiary/aromatic N) is 1. The fourth-order valence-corrected chi connectivity index (χ4v) is 3.48. The normalized spacial score (nSPS) is 12.6. The summed E-state index contributed by atoms with van der Waals surface area (Å²) in [4.78, 5) is 21.9. The zero-order valence-electron chi connectivity index (χ0n) is 12.2. The standard InChI is InChI=1S/C13H14BrF2N2O4PS/c14-11-5-9-7-18-12(22-2-1-3-24-17)6-8(9)4-10(11)13(15,16)23(19,20)21/h4-7H,1-3,17H2,(H2,19,20,21). The van der Waals surface area contributed by atoms with Crippen LogP contribution in [0, 0.1) is 0 Å². The molecule has 0 atom stereocenters. The predicted molar refractivity (Wildman–Crippen MR) is 92.1 cm³/mol. The predicted octanol–water partition coefficient (Wildman–Crippen LogP) is 3.60. The molecular formula is C13H14BrF2N2O4PS. The summed E-state index contributed by atoms with van der Waals surface area (Å²) in [5.41, 5.74) is -5.09. The van der Waals surface area contributed by atoms with E-state index >= 15 is 0 Å². The molecule has 0 bridgehead atoms. The molecular weight excluding hydrogens is 429 g/mol. The molecule has 2 rings (SSSR count). The molecule has 132 valence electrons. The Bertz CT molecular complexity index is 790. The van der Waals surface area contributed by atoms with E-state index in [0.29, 0.717) is 29.6 Å². The van der Waals surface area contributed by atoms with Crippen molar-refractivity contribution < 1.29 is 27.9 Å². The molecule has 0 aliphatic rings. The van der Waals surface area contributed by atoms with Gasteiger partial charge < -0.3 is 14.5 Å². The van der Waals surface area contributed by atoms with Gasteiger partial charge in [-0.15, -0.1) is 0 Å². The summed E-state index contributed by atoms with van der Waals surface area (Å²) in [7, 11) is -5.66. The highest BCUT2D eigenvalue weighted by Crippen LogP contribution is 2.60. The molecule has 1 heterocycles. The van der Waals surface area contributed by atoms with E-state index in [1.165, 1.54) is 30.3 Å². The average molecular weight is 443 g/mol. The molecule has 1 aromatic carbocycles. The number of hydrogen-bond acceptors (Lipinski definition) is 5. The molecule has 0 saturated carbocycles. The Morgan fingerprint density at radius 2 is 2.04 bits per heavy atom. The van der Waals surface area contributed by atoms with Crippen LogP contribution in [0.15, 0.2) is 28.9 Å². The summed E-state index contributed by atoms with van der Waals surface area (Å²) in [6.45, 7) is 0.366. The first-order valence-corrected chi connectivity index (χ1v) is 10.1. The highest BCUT2D eigenvalue weighted by molar-refractivity contribution is 9.10. The fraction of sp³-hybridized carbons (Fsp3) is 0.308. The Morgan fingerprint density at radius 1 is 1.33 bits per heavy atom. The maximum atomic E-state index is 14.0. The van der Waals surface area contributed by atoms with Gasteiger partial charge in [-0.25, -0.2) is 4.98 Å². The Balaban J connectivity index is 2.38. The lowest BCUT2D eigenvalue weighted by Crippen LogP contribution is -2.14. The van der Waals surface area contributed by atoms with Crippen molar-refractivity contribution >= 4 is 46.2 Å². The number of benzene rings is 1. The van der Waals surface area contributed by atoms with E-state index in [4.69, 9.17) is 19.7 Å². The monoisotopic (exact) mass is 442 g/mol. The SMILES string of the molecule is NSCCCOc1cc2cc(C(F)(F)P(=O)(O)O)c(Br)cc2cn1. The molecule has 0 saturated heterocycles. The third-order valence-corrected chi connectivity index (χ3v) is 5.28. The lowest BCUT2D eigenvalue weighted by atomic mass is 10.1. The first kappa shape index (κ1) is 19.6.